The molecule has 2 nitrogen and oxygen atoms in total. The minimum absolute atomic E-state index is 0.219. The van der Waals surface area contributed by atoms with E-state index in [0.717, 1.165) is 17.0 Å². The van der Waals surface area contributed by atoms with Crippen molar-refractivity contribution in [2.45, 2.75) is 32.9 Å². The molecule has 19 heavy (non-hydrogen) atoms. The molecule has 0 aliphatic rings. The number of hydrogen-bond donors (Lipinski definition) is 1. The third-order valence-corrected chi connectivity index (χ3v) is 4.82. The molecule has 5 heteroatoms. The molecular weight excluding hydrogens is 299 g/mol. The van der Waals surface area contributed by atoms with Crippen LogP contribution in [0.25, 0.3) is 0 Å². The lowest BCUT2D eigenvalue weighted by atomic mass is 10.2. The number of rotatable bonds is 5. The largest absolute Gasteiger partial charge is 0.304 e. The zero-order valence-corrected chi connectivity index (χ0v) is 13.2. The third-order valence-electron chi connectivity index (χ3n) is 2.90. The van der Waals surface area contributed by atoms with Crippen LogP contribution in [0.2, 0.25) is 10.0 Å². The fourth-order valence-corrected chi connectivity index (χ4v) is 3.06. The van der Waals surface area contributed by atoms with Gasteiger partial charge in [-0.2, -0.15) is 0 Å². The monoisotopic (exact) mass is 314 g/mol. The molecule has 1 N–H and O–H groups in total. The van der Waals surface area contributed by atoms with Gasteiger partial charge in [0.2, 0.25) is 0 Å². The van der Waals surface area contributed by atoms with Crippen molar-refractivity contribution in [3.63, 3.8) is 0 Å². The van der Waals surface area contributed by atoms with E-state index in [1.807, 2.05) is 18.3 Å². The van der Waals surface area contributed by atoms with Crippen molar-refractivity contribution in [2.75, 3.05) is 0 Å². The molecule has 0 aliphatic carbocycles. The molecule has 102 valence electrons. The van der Waals surface area contributed by atoms with Gasteiger partial charge < -0.3 is 5.32 Å². The molecule has 1 aromatic heterocycles. The van der Waals surface area contributed by atoms with E-state index in [9.17, 15) is 0 Å². The molecule has 2 aromatic rings. The number of hydrogen-bond acceptors (Lipinski definition) is 3. The first kappa shape index (κ1) is 14.8. The third kappa shape index (κ3) is 3.93. The second-order valence-electron chi connectivity index (χ2n) is 4.36. The van der Waals surface area contributed by atoms with Gasteiger partial charge in [-0.25, -0.2) is 4.98 Å². The zero-order chi connectivity index (χ0) is 13.8. The molecule has 0 saturated carbocycles. The average molecular weight is 315 g/mol. The fraction of sp³-hybridized carbons (Fsp3) is 0.357. The SMILES string of the molecule is CCc1cnc(C(C)NCc2ccc(Cl)cc2Cl)s1. The quantitative estimate of drug-likeness (QED) is 0.852. The molecule has 0 aliphatic heterocycles. The van der Waals surface area contributed by atoms with Crippen LogP contribution in [-0.2, 0) is 13.0 Å². The molecule has 0 amide bonds. The minimum atomic E-state index is 0.219. The van der Waals surface area contributed by atoms with Crippen LogP contribution in [-0.4, -0.2) is 4.98 Å². The Bertz CT molecular complexity index is 554. The first-order chi connectivity index (χ1) is 9.10. The highest BCUT2D eigenvalue weighted by molar-refractivity contribution is 7.11. The van der Waals surface area contributed by atoms with E-state index >= 15 is 0 Å². The van der Waals surface area contributed by atoms with Crippen molar-refractivity contribution in [2.24, 2.45) is 0 Å². The predicted molar refractivity (Wildman–Crippen MR) is 83.2 cm³/mol. The number of halogens is 2. The molecule has 1 heterocycles. The lowest BCUT2D eigenvalue weighted by Gasteiger charge is -2.12. The van der Waals surface area contributed by atoms with Gasteiger partial charge in [-0.15, -0.1) is 11.3 Å². The molecule has 1 atom stereocenters. The number of nitrogens with zero attached hydrogens (tertiary/aromatic N) is 1. The smallest absolute Gasteiger partial charge is 0.109 e. The first-order valence-electron chi connectivity index (χ1n) is 6.22. The molecule has 1 aromatic carbocycles. The van der Waals surface area contributed by atoms with Gasteiger partial charge in [0, 0.05) is 27.7 Å². The number of aromatic nitrogens is 1. The van der Waals surface area contributed by atoms with E-state index in [-0.39, 0.29) is 6.04 Å². The van der Waals surface area contributed by atoms with E-state index in [4.69, 9.17) is 23.2 Å². The summed E-state index contributed by atoms with van der Waals surface area (Å²) in [5.41, 5.74) is 1.05. The van der Waals surface area contributed by atoms with E-state index in [0.29, 0.717) is 16.6 Å². The Morgan fingerprint density at radius 2 is 2.16 bits per heavy atom. The van der Waals surface area contributed by atoms with Crippen molar-refractivity contribution in [3.05, 3.63) is 49.9 Å². The molecule has 0 spiro atoms. The summed E-state index contributed by atoms with van der Waals surface area (Å²) in [6.45, 7) is 4.96. The van der Waals surface area contributed by atoms with Crippen molar-refractivity contribution in [1.29, 1.82) is 0 Å². The number of nitrogens with one attached hydrogen (secondary N) is 1. The standard InChI is InChI=1S/C14H16Cl2N2S/c1-3-12-8-18-14(19-12)9(2)17-7-10-4-5-11(15)6-13(10)16/h4-6,8-9,17H,3,7H2,1-2H3. The Kier molecular flexibility index (Phi) is 5.22. The van der Waals surface area contributed by atoms with Crippen molar-refractivity contribution in [3.8, 4) is 0 Å². The van der Waals surface area contributed by atoms with Crippen LogP contribution in [0.5, 0.6) is 0 Å². The molecule has 0 radical (unpaired) electrons. The van der Waals surface area contributed by atoms with Gasteiger partial charge >= 0.3 is 0 Å². The molecule has 0 saturated heterocycles. The minimum Gasteiger partial charge on any atom is -0.304 e. The second kappa shape index (κ2) is 6.71. The maximum absolute atomic E-state index is 6.15. The van der Waals surface area contributed by atoms with Crippen molar-refractivity contribution >= 4 is 34.5 Å². The Hall–Kier alpha value is -0.610. The van der Waals surface area contributed by atoms with Gasteiger partial charge in [0.15, 0.2) is 0 Å². The maximum atomic E-state index is 6.15. The summed E-state index contributed by atoms with van der Waals surface area (Å²) in [5, 5.41) is 5.90. The van der Waals surface area contributed by atoms with Gasteiger partial charge in [0.1, 0.15) is 5.01 Å². The number of thiazole rings is 1. The van der Waals surface area contributed by atoms with E-state index in [1.165, 1.54) is 4.88 Å². The Morgan fingerprint density at radius 1 is 1.37 bits per heavy atom. The average Bonchev–Trinajstić information content (AvgIpc) is 2.86. The zero-order valence-electron chi connectivity index (χ0n) is 10.9. The van der Waals surface area contributed by atoms with E-state index in [2.05, 4.69) is 24.1 Å². The second-order valence-corrected chi connectivity index (χ2v) is 6.35. The van der Waals surface area contributed by atoms with E-state index < -0.39 is 0 Å². The lowest BCUT2D eigenvalue weighted by Crippen LogP contribution is -2.18. The normalized spacial score (nSPS) is 12.6. The first-order valence-corrected chi connectivity index (χ1v) is 7.79. The summed E-state index contributed by atoms with van der Waals surface area (Å²) in [5.74, 6) is 0. The number of benzene rings is 1. The topological polar surface area (TPSA) is 24.9 Å². The fourth-order valence-electron chi connectivity index (χ4n) is 1.70. The molecule has 2 rings (SSSR count). The summed E-state index contributed by atoms with van der Waals surface area (Å²) in [6.07, 6.45) is 2.99. The highest BCUT2D eigenvalue weighted by atomic mass is 35.5. The number of aryl methyl sites for hydroxylation is 1. The highest BCUT2D eigenvalue weighted by Gasteiger charge is 2.10. The summed E-state index contributed by atoms with van der Waals surface area (Å²) < 4.78 is 0. The Labute approximate surface area is 127 Å². The Balaban J connectivity index is 1.98. The summed E-state index contributed by atoms with van der Waals surface area (Å²) >= 11 is 13.8. The van der Waals surface area contributed by atoms with Gasteiger partial charge in [0.05, 0.1) is 6.04 Å². The van der Waals surface area contributed by atoms with Crippen LogP contribution in [0.3, 0.4) is 0 Å². The van der Waals surface area contributed by atoms with Gasteiger partial charge in [-0.3, -0.25) is 0 Å². The van der Waals surface area contributed by atoms with Crippen LogP contribution >= 0.6 is 34.5 Å². The summed E-state index contributed by atoms with van der Waals surface area (Å²) in [6, 6.07) is 5.79. The van der Waals surface area contributed by atoms with Crippen LogP contribution < -0.4 is 5.32 Å². The van der Waals surface area contributed by atoms with Gasteiger partial charge in [-0.1, -0.05) is 36.2 Å². The van der Waals surface area contributed by atoms with Crippen LogP contribution in [0, 0.1) is 0 Å². The molecular formula is C14H16Cl2N2S. The predicted octanol–water partition coefficient (Wildman–Crippen LogP) is 4.86. The van der Waals surface area contributed by atoms with Crippen LogP contribution in [0.4, 0.5) is 0 Å². The maximum Gasteiger partial charge on any atom is 0.109 e. The lowest BCUT2D eigenvalue weighted by molar-refractivity contribution is 0.572. The molecule has 0 fully saturated rings. The van der Waals surface area contributed by atoms with Crippen molar-refractivity contribution in [1.82, 2.24) is 10.3 Å². The highest BCUT2D eigenvalue weighted by Crippen LogP contribution is 2.23. The van der Waals surface area contributed by atoms with Crippen LogP contribution in [0.1, 0.15) is 35.3 Å². The summed E-state index contributed by atoms with van der Waals surface area (Å²) in [7, 11) is 0. The van der Waals surface area contributed by atoms with Crippen molar-refractivity contribution < 1.29 is 0 Å². The van der Waals surface area contributed by atoms with E-state index in [1.54, 1.807) is 17.4 Å². The summed E-state index contributed by atoms with van der Waals surface area (Å²) in [4.78, 5) is 5.75. The van der Waals surface area contributed by atoms with Gasteiger partial charge in [-0.05, 0) is 31.0 Å². The van der Waals surface area contributed by atoms with Crippen LogP contribution in [0.15, 0.2) is 24.4 Å². The van der Waals surface area contributed by atoms with Gasteiger partial charge in [0.25, 0.3) is 0 Å². The molecule has 1 unspecified atom stereocenters. The Morgan fingerprint density at radius 3 is 2.79 bits per heavy atom. The molecule has 0 bridgehead atoms.